The van der Waals surface area contributed by atoms with Gasteiger partial charge in [-0.05, 0) is 56.6 Å². The number of likely N-dealkylation sites (tertiary alicyclic amines) is 1. The number of nitrogens with zero attached hydrogens (tertiary/aromatic N) is 2. The van der Waals surface area contributed by atoms with Gasteiger partial charge in [0.2, 0.25) is 0 Å². The van der Waals surface area contributed by atoms with Gasteiger partial charge in [0.05, 0.1) is 13.2 Å². The monoisotopic (exact) mass is 422 g/mol. The third-order valence-corrected chi connectivity index (χ3v) is 6.65. The first-order valence-electron chi connectivity index (χ1n) is 9.63. The van der Waals surface area contributed by atoms with Gasteiger partial charge in [0.25, 0.3) is 5.91 Å². The fraction of sp³-hybridized carbons (Fsp3) is 0.650. The molecule has 2 saturated heterocycles. The number of carbonyl (C=O) groups excluding carboxylic acids is 1. The topological polar surface area (TPSA) is 42.0 Å². The zero-order chi connectivity index (χ0) is 18.1. The molecule has 5 nitrogen and oxygen atoms in total. The Bertz CT molecular complexity index is 639. The summed E-state index contributed by atoms with van der Waals surface area (Å²) in [4.78, 5) is 17.6. The smallest absolute Gasteiger partial charge is 0.253 e. The Morgan fingerprint density at radius 2 is 1.85 bits per heavy atom. The van der Waals surface area contributed by atoms with Crippen LogP contribution in [0.2, 0.25) is 0 Å². The second kappa shape index (κ2) is 7.58. The summed E-state index contributed by atoms with van der Waals surface area (Å²) in [6.07, 6.45) is 5.11. The van der Waals surface area contributed by atoms with Crippen molar-refractivity contribution in [1.29, 1.82) is 0 Å². The summed E-state index contributed by atoms with van der Waals surface area (Å²) in [5.74, 6) is -0.332. The van der Waals surface area contributed by atoms with Gasteiger partial charge in [-0.15, -0.1) is 0 Å². The summed E-state index contributed by atoms with van der Waals surface area (Å²) in [6.45, 7) is 3.59. The predicted molar refractivity (Wildman–Crippen MR) is 103 cm³/mol. The number of halogens is 1. The first-order valence-corrected chi connectivity index (χ1v) is 10.4. The Labute approximate surface area is 163 Å². The highest BCUT2D eigenvalue weighted by molar-refractivity contribution is 9.10. The molecule has 2 atom stereocenters. The van der Waals surface area contributed by atoms with E-state index in [-0.39, 0.29) is 11.9 Å². The van der Waals surface area contributed by atoms with Crippen molar-refractivity contribution in [2.24, 2.45) is 0 Å². The molecular formula is C20H27BrN2O3. The minimum absolute atomic E-state index is 0.0934. The second-order valence-corrected chi connectivity index (χ2v) is 8.57. The minimum Gasteiger partial charge on any atom is -0.347 e. The molecule has 0 N–H and O–H groups in total. The van der Waals surface area contributed by atoms with E-state index in [0.717, 1.165) is 42.4 Å². The molecule has 1 amide bonds. The van der Waals surface area contributed by atoms with Gasteiger partial charge in [0, 0.05) is 42.0 Å². The lowest BCUT2D eigenvalue weighted by Crippen LogP contribution is -2.58. The molecule has 1 saturated carbocycles. The first kappa shape index (κ1) is 18.4. The van der Waals surface area contributed by atoms with Crippen molar-refractivity contribution in [3.8, 4) is 0 Å². The molecule has 0 bridgehead atoms. The molecule has 3 fully saturated rings. The van der Waals surface area contributed by atoms with Crippen LogP contribution in [0.1, 0.15) is 42.5 Å². The summed E-state index contributed by atoms with van der Waals surface area (Å²) in [5, 5.41) is 0. The van der Waals surface area contributed by atoms with Crippen LogP contribution in [-0.2, 0) is 9.47 Å². The average molecular weight is 423 g/mol. The van der Waals surface area contributed by atoms with Crippen molar-refractivity contribution in [3.63, 3.8) is 0 Å². The van der Waals surface area contributed by atoms with E-state index in [1.165, 1.54) is 12.8 Å². The van der Waals surface area contributed by atoms with Gasteiger partial charge in [0.15, 0.2) is 5.79 Å². The van der Waals surface area contributed by atoms with Crippen molar-refractivity contribution in [1.82, 2.24) is 9.80 Å². The van der Waals surface area contributed by atoms with Gasteiger partial charge in [-0.1, -0.05) is 15.9 Å². The molecule has 0 radical (unpaired) electrons. The van der Waals surface area contributed by atoms with Crippen LogP contribution in [0.3, 0.4) is 0 Å². The third-order valence-electron chi connectivity index (χ3n) is 6.12. The zero-order valence-corrected chi connectivity index (χ0v) is 16.9. The summed E-state index contributed by atoms with van der Waals surface area (Å²) < 4.78 is 13.0. The predicted octanol–water partition coefficient (Wildman–Crippen LogP) is 3.28. The van der Waals surface area contributed by atoms with Gasteiger partial charge >= 0.3 is 0 Å². The van der Waals surface area contributed by atoms with Crippen LogP contribution in [0.15, 0.2) is 28.7 Å². The maximum absolute atomic E-state index is 13.1. The average Bonchev–Trinajstić information content (AvgIpc) is 3.34. The van der Waals surface area contributed by atoms with Gasteiger partial charge in [-0.3, -0.25) is 9.69 Å². The Balaban J connectivity index is 1.54. The Hall–Kier alpha value is -0.950. The van der Waals surface area contributed by atoms with Crippen molar-refractivity contribution >= 4 is 21.8 Å². The minimum atomic E-state index is -0.425. The van der Waals surface area contributed by atoms with Crippen LogP contribution < -0.4 is 0 Å². The lowest BCUT2D eigenvalue weighted by molar-refractivity contribution is -0.196. The Morgan fingerprint density at radius 3 is 2.50 bits per heavy atom. The van der Waals surface area contributed by atoms with Crippen LogP contribution in [-0.4, -0.2) is 66.9 Å². The molecular weight excluding hydrogens is 396 g/mol. The molecule has 26 heavy (non-hydrogen) atoms. The van der Waals surface area contributed by atoms with E-state index in [1.54, 1.807) is 0 Å². The molecule has 0 aromatic heterocycles. The zero-order valence-electron chi connectivity index (χ0n) is 15.3. The van der Waals surface area contributed by atoms with Crippen molar-refractivity contribution in [2.75, 3.05) is 33.4 Å². The normalized spacial score (nSPS) is 28.5. The van der Waals surface area contributed by atoms with E-state index in [1.807, 2.05) is 36.2 Å². The number of hydrogen-bond acceptors (Lipinski definition) is 4. The molecule has 2 aliphatic heterocycles. The Morgan fingerprint density at radius 1 is 1.19 bits per heavy atom. The summed E-state index contributed by atoms with van der Waals surface area (Å²) >= 11 is 3.44. The first-order chi connectivity index (χ1) is 12.6. The van der Waals surface area contributed by atoms with E-state index in [0.29, 0.717) is 19.3 Å². The van der Waals surface area contributed by atoms with E-state index >= 15 is 0 Å². The molecule has 4 rings (SSSR count). The third kappa shape index (κ3) is 3.57. The number of rotatable bonds is 3. The largest absolute Gasteiger partial charge is 0.347 e. The van der Waals surface area contributed by atoms with Crippen LogP contribution in [0.25, 0.3) is 0 Å². The van der Waals surface area contributed by atoms with Crippen molar-refractivity contribution in [2.45, 2.75) is 50.0 Å². The second-order valence-electron chi connectivity index (χ2n) is 7.65. The van der Waals surface area contributed by atoms with Crippen LogP contribution in [0.4, 0.5) is 0 Å². The molecule has 142 valence electrons. The molecule has 1 aromatic carbocycles. The van der Waals surface area contributed by atoms with Crippen LogP contribution in [0, 0.1) is 0 Å². The van der Waals surface area contributed by atoms with Crippen molar-refractivity contribution < 1.29 is 14.3 Å². The highest BCUT2D eigenvalue weighted by Crippen LogP contribution is 2.40. The number of likely N-dealkylation sites (N-methyl/N-ethyl adjacent to an activating group) is 1. The van der Waals surface area contributed by atoms with Crippen LogP contribution in [0.5, 0.6) is 0 Å². The maximum atomic E-state index is 13.1. The molecule has 1 aliphatic carbocycles. The number of carbonyl (C=O) groups is 1. The van der Waals surface area contributed by atoms with Crippen LogP contribution >= 0.6 is 15.9 Å². The lowest BCUT2D eigenvalue weighted by Gasteiger charge is -2.47. The van der Waals surface area contributed by atoms with Gasteiger partial charge in [0.1, 0.15) is 0 Å². The van der Waals surface area contributed by atoms with E-state index < -0.39 is 5.79 Å². The SMILES string of the molecule is CN(C(=O)c1ccc(Br)cc1)C1CCC2(CC1N1CCCC1)OCCO2. The van der Waals surface area contributed by atoms with Gasteiger partial charge < -0.3 is 14.4 Å². The Kier molecular flexibility index (Phi) is 5.37. The number of benzene rings is 1. The fourth-order valence-corrected chi connectivity index (χ4v) is 4.98. The molecule has 3 aliphatic rings. The molecule has 1 spiro atoms. The van der Waals surface area contributed by atoms with E-state index in [4.69, 9.17) is 9.47 Å². The van der Waals surface area contributed by atoms with E-state index in [9.17, 15) is 4.79 Å². The van der Waals surface area contributed by atoms with E-state index in [2.05, 4.69) is 20.8 Å². The standard InChI is InChI=1S/C20H27BrN2O3/c1-22(19(24)15-4-6-16(21)7-5-15)17-8-9-20(25-12-13-26-20)14-18(17)23-10-2-3-11-23/h4-7,17-18H,2-3,8-14H2,1H3. The highest BCUT2D eigenvalue weighted by Gasteiger charge is 2.48. The lowest BCUT2D eigenvalue weighted by atomic mass is 9.83. The molecule has 2 heterocycles. The quantitative estimate of drug-likeness (QED) is 0.749. The highest BCUT2D eigenvalue weighted by atomic mass is 79.9. The van der Waals surface area contributed by atoms with Gasteiger partial charge in [-0.2, -0.15) is 0 Å². The summed E-state index contributed by atoms with van der Waals surface area (Å²) in [7, 11) is 1.95. The molecule has 1 aromatic rings. The summed E-state index contributed by atoms with van der Waals surface area (Å²) in [5.41, 5.74) is 0.740. The number of hydrogen-bond donors (Lipinski definition) is 0. The maximum Gasteiger partial charge on any atom is 0.253 e. The summed E-state index contributed by atoms with van der Waals surface area (Å²) in [6, 6.07) is 8.13. The number of ether oxygens (including phenoxy) is 2. The fourth-order valence-electron chi connectivity index (χ4n) is 4.72. The number of amides is 1. The van der Waals surface area contributed by atoms with Gasteiger partial charge in [-0.25, -0.2) is 0 Å². The molecule has 2 unspecified atom stereocenters. The van der Waals surface area contributed by atoms with Crippen molar-refractivity contribution in [3.05, 3.63) is 34.3 Å². The molecule has 6 heteroatoms.